The number of rotatable bonds is 3. The van der Waals surface area contributed by atoms with E-state index in [1.54, 1.807) is 0 Å². The Hall–Kier alpha value is -1.81. The van der Waals surface area contributed by atoms with E-state index in [2.05, 4.69) is 17.2 Å². The number of carbonyl (C=O) groups is 1. The van der Waals surface area contributed by atoms with Crippen molar-refractivity contribution in [3.8, 4) is 0 Å². The summed E-state index contributed by atoms with van der Waals surface area (Å²) in [6.45, 7) is 3.55. The van der Waals surface area contributed by atoms with Crippen LogP contribution < -0.4 is 5.32 Å². The zero-order valence-corrected chi connectivity index (χ0v) is 11.0. The third-order valence-electron chi connectivity index (χ3n) is 3.87. The lowest BCUT2D eigenvalue weighted by molar-refractivity contribution is 0.0907. The number of amides is 1. The molecule has 2 unspecified atom stereocenters. The number of aromatic amines is 1. The Bertz CT molecular complexity index is 591. The molecule has 100 valence electrons. The number of benzene rings is 1. The number of H-pyrrole nitrogens is 1. The first-order valence-electron chi connectivity index (χ1n) is 6.71. The molecule has 2 heterocycles. The summed E-state index contributed by atoms with van der Waals surface area (Å²) in [6, 6.07) is 7.67. The summed E-state index contributed by atoms with van der Waals surface area (Å²) in [5.74, 6) is 0.419. The Balaban J connectivity index is 1.66. The van der Waals surface area contributed by atoms with Gasteiger partial charge >= 0.3 is 0 Å². The van der Waals surface area contributed by atoms with Gasteiger partial charge in [-0.25, -0.2) is 0 Å². The lowest BCUT2D eigenvalue weighted by Crippen LogP contribution is -2.31. The first-order chi connectivity index (χ1) is 9.24. The maximum absolute atomic E-state index is 12.1. The van der Waals surface area contributed by atoms with E-state index in [1.165, 1.54) is 0 Å². The lowest BCUT2D eigenvalue weighted by atomic mass is 10.0. The van der Waals surface area contributed by atoms with Gasteiger partial charge in [-0.2, -0.15) is 0 Å². The lowest BCUT2D eigenvalue weighted by Gasteiger charge is -2.14. The number of fused-ring (bicyclic) bond motifs is 1. The highest BCUT2D eigenvalue weighted by Crippen LogP contribution is 2.19. The van der Waals surface area contributed by atoms with E-state index in [4.69, 9.17) is 4.74 Å². The van der Waals surface area contributed by atoms with Gasteiger partial charge in [-0.3, -0.25) is 4.79 Å². The Morgan fingerprint density at radius 2 is 2.37 bits per heavy atom. The highest BCUT2D eigenvalue weighted by atomic mass is 16.5. The van der Waals surface area contributed by atoms with Crippen molar-refractivity contribution < 1.29 is 9.53 Å². The van der Waals surface area contributed by atoms with Crippen LogP contribution in [0.2, 0.25) is 0 Å². The minimum Gasteiger partial charge on any atom is -0.378 e. The average molecular weight is 258 g/mol. The Morgan fingerprint density at radius 3 is 3.16 bits per heavy atom. The van der Waals surface area contributed by atoms with Crippen molar-refractivity contribution >= 4 is 16.8 Å². The molecule has 1 aromatic heterocycles. The predicted molar refractivity (Wildman–Crippen MR) is 74.2 cm³/mol. The highest BCUT2D eigenvalue weighted by molar-refractivity contribution is 5.98. The molecule has 1 saturated heterocycles. The van der Waals surface area contributed by atoms with Gasteiger partial charge in [-0.15, -0.1) is 0 Å². The van der Waals surface area contributed by atoms with Crippen LogP contribution in [0.4, 0.5) is 0 Å². The molecule has 1 aromatic carbocycles. The van der Waals surface area contributed by atoms with Crippen LogP contribution in [0, 0.1) is 5.92 Å². The molecule has 4 heteroatoms. The molecule has 1 aliphatic rings. The van der Waals surface area contributed by atoms with Gasteiger partial charge in [0.1, 0.15) is 0 Å². The van der Waals surface area contributed by atoms with Crippen molar-refractivity contribution in [1.82, 2.24) is 10.3 Å². The molecule has 1 fully saturated rings. The van der Waals surface area contributed by atoms with Crippen molar-refractivity contribution in [2.24, 2.45) is 5.92 Å². The molecule has 2 aromatic rings. The minimum atomic E-state index is -0.0119. The summed E-state index contributed by atoms with van der Waals surface area (Å²) >= 11 is 0. The summed E-state index contributed by atoms with van der Waals surface area (Å²) in [4.78, 5) is 15.2. The van der Waals surface area contributed by atoms with E-state index in [0.717, 1.165) is 23.9 Å². The van der Waals surface area contributed by atoms with Crippen LogP contribution in [-0.4, -0.2) is 30.1 Å². The molecule has 0 radical (unpaired) electrons. The van der Waals surface area contributed by atoms with Crippen molar-refractivity contribution in [1.29, 1.82) is 0 Å². The molecule has 1 amide bonds. The second kappa shape index (κ2) is 5.05. The fourth-order valence-corrected chi connectivity index (χ4v) is 2.56. The normalized spacial score (nSPS) is 22.8. The maximum atomic E-state index is 12.1. The first kappa shape index (κ1) is 12.2. The summed E-state index contributed by atoms with van der Waals surface area (Å²) in [5, 5.41) is 4.06. The second-order valence-corrected chi connectivity index (χ2v) is 5.11. The van der Waals surface area contributed by atoms with Gasteiger partial charge < -0.3 is 15.0 Å². The van der Waals surface area contributed by atoms with Crippen molar-refractivity contribution in [3.63, 3.8) is 0 Å². The molecule has 2 atom stereocenters. The van der Waals surface area contributed by atoms with Crippen molar-refractivity contribution in [2.45, 2.75) is 19.4 Å². The number of aromatic nitrogens is 1. The van der Waals surface area contributed by atoms with Crippen LogP contribution in [0.1, 0.15) is 23.7 Å². The monoisotopic (exact) mass is 258 g/mol. The Kier molecular flexibility index (Phi) is 3.25. The highest BCUT2D eigenvalue weighted by Gasteiger charge is 2.24. The van der Waals surface area contributed by atoms with Crippen LogP contribution in [0.25, 0.3) is 10.9 Å². The molecule has 2 N–H and O–H groups in total. The molecule has 19 heavy (non-hydrogen) atoms. The third-order valence-corrected chi connectivity index (χ3v) is 3.87. The zero-order valence-electron chi connectivity index (χ0n) is 11.0. The van der Waals surface area contributed by atoms with Gasteiger partial charge in [0.15, 0.2) is 0 Å². The fourth-order valence-electron chi connectivity index (χ4n) is 2.56. The molecule has 0 spiro atoms. The van der Waals surface area contributed by atoms with Crippen molar-refractivity contribution in [2.75, 3.05) is 13.2 Å². The van der Waals surface area contributed by atoms with Crippen LogP contribution in [0.3, 0.4) is 0 Å². The maximum Gasteiger partial charge on any atom is 0.251 e. The molecular formula is C15H18N2O2. The summed E-state index contributed by atoms with van der Waals surface area (Å²) in [6.07, 6.45) is 3.15. The van der Waals surface area contributed by atoms with Gasteiger partial charge in [-0.05, 0) is 37.6 Å². The van der Waals surface area contributed by atoms with Gasteiger partial charge in [0, 0.05) is 41.7 Å². The molecule has 4 nitrogen and oxygen atoms in total. The van der Waals surface area contributed by atoms with E-state index in [-0.39, 0.29) is 12.0 Å². The predicted octanol–water partition coefficient (Wildman–Crippen LogP) is 2.32. The quantitative estimate of drug-likeness (QED) is 0.887. The first-order valence-corrected chi connectivity index (χ1v) is 6.71. The van der Waals surface area contributed by atoms with Crippen molar-refractivity contribution in [3.05, 3.63) is 36.0 Å². The minimum absolute atomic E-state index is 0.0119. The second-order valence-electron chi connectivity index (χ2n) is 5.11. The number of nitrogens with one attached hydrogen (secondary N) is 2. The SMILES string of the molecule is CC1OCCC1CNC(=O)c1ccc2[nH]ccc2c1. The number of ether oxygens (including phenoxy) is 1. The average Bonchev–Trinajstić information content (AvgIpc) is 3.03. The molecule has 0 bridgehead atoms. The van der Waals surface area contributed by atoms with E-state index in [9.17, 15) is 4.79 Å². The number of hydrogen-bond donors (Lipinski definition) is 2. The van der Waals surface area contributed by atoms with E-state index < -0.39 is 0 Å². The van der Waals surface area contributed by atoms with Gasteiger partial charge in [0.2, 0.25) is 0 Å². The van der Waals surface area contributed by atoms with Crippen LogP contribution in [0.5, 0.6) is 0 Å². The van der Waals surface area contributed by atoms with E-state index in [0.29, 0.717) is 18.0 Å². The van der Waals surface area contributed by atoms with E-state index in [1.807, 2.05) is 30.5 Å². The molecule has 0 saturated carbocycles. The topological polar surface area (TPSA) is 54.1 Å². The number of carbonyl (C=O) groups excluding carboxylic acids is 1. The van der Waals surface area contributed by atoms with Crippen LogP contribution in [-0.2, 0) is 4.74 Å². The zero-order chi connectivity index (χ0) is 13.2. The Morgan fingerprint density at radius 1 is 1.47 bits per heavy atom. The van der Waals surface area contributed by atoms with Crippen LogP contribution >= 0.6 is 0 Å². The van der Waals surface area contributed by atoms with Gasteiger partial charge in [0.05, 0.1) is 6.10 Å². The van der Waals surface area contributed by atoms with Gasteiger partial charge in [0.25, 0.3) is 5.91 Å². The van der Waals surface area contributed by atoms with Crippen LogP contribution in [0.15, 0.2) is 30.5 Å². The molecule has 0 aliphatic carbocycles. The summed E-state index contributed by atoms with van der Waals surface area (Å²) in [7, 11) is 0. The standard InChI is InChI=1S/C15H18N2O2/c1-10-13(5-7-19-10)9-17-15(18)12-2-3-14-11(8-12)4-6-16-14/h2-4,6,8,10,13,16H,5,7,9H2,1H3,(H,17,18). The largest absolute Gasteiger partial charge is 0.378 e. The molecular weight excluding hydrogens is 240 g/mol. The molecule has 1 aliphatic heterocycles. The molecule has 3 rings (SSSR count). The number of hydrogen-bond acceptors (Lipinski definition) is 2. The summed E-state index contributed by atoms with van der Waals surface area (Å²) in [5.41, 5.74) is 1.76. The van der Waals surface area contributed by atoms with E-state index >= 15 is 0 Å². The Labute approximate surface area is 112 Å². The summed E-state index contributed by atoms with van der Waals surface area (Å²) < 4.78 is 5.50. The third kappa shape index (κ3) is 2.49. The smallest absolute Gasteiger partial charge is 0.251 e. The van der Waals surface area contributed by atoms with Gasteiger partial charge in [-0.1, -0.05) is 0 Å². The fraction of sp³-hybridized carbons (Fsp3) is 0.400.